The van der Waals surface area contributed by atoms with E-state index in [1.165, 1.54) is 19.1 Å². The molecular weight excluding hydrogens is 711 g/mol. The van der Waals surface area contributed by atoms with Crippen LogP contribution in [0.15, 0.2) is 24.3 Å². The van der Waals surface area contributed by atoms with Gasteiger partial charge in [0.15, 0.2) is 6.04 Å². The predicted octanol–water partition coefficient (Wildman–Crippen LogP) is -2.76. The molecule has 20 heteroatoms. The first-order chi connectivity index (χ1) is 24.1. The molecule has 0 saturated carbocycles. The number of aliphatic hydroxyl groups excluding tert-OH is 2. The number of hydrogen-bond acceptors (Lipinski definition) is 13. The summed E-state index contributed by atoms with van der Waals surface area (Å²) < 4.78 is 0. The van der Waals surface area contributed by atoms with Crippen molar-refractivity contribution in [2.75, 3.05) is 24.6 Å². The van der Waals surface area contributed by atoms with Gasteiger partial charge in [-0.05, 0) is 57.4 Å². The van der Waals surface area contributed by atoms with E-state index in [-0.39, 0.29) is 36.5 Å². The Hall–Kier alpha value is -4.11. The Morgan fingerprint density at radius 2 is 1.57 bits per heavy atom. The molecule has 0 aliphatic carbocycles. The van der Waals surface area contributed by atoms with Crippen molar-refractivity contribution in [3.8, 4) is 5.75 Å². The number of unbranched alkanes of at least 4 members (excludes halogenated alkanes) is 1. The molecule has 7 atom stereocenters. The largest absolute Gasteiger partial charge is 0.508 e. The van der Waals surface area contributed by atoms with Crippen LogP contribution in [0.4, 0.5) is 0 Å². The molecule has 284 valence electrons. The van der Waals surface area contributed by atoms with Gasteiger partial charge in [0.25, 0.3) is 0 Å². The summed E-state index contributed by atoms with van der Waals surface area (Å²) in [5.41, 5.74) is 6.19. The number of carbonyl (C=O) groups excluding carboxylic acids is 6. The van der Waals surface area contributed by atoms with Gasteiger partial charge >= 0.3 is 5.97 Å². The first-order valence-corrected chi connectivity index (χ1v) is 18.7. The minimum absolute atomic E-state index is 0.00316. The summed E-state index contributed by atoms with van der Waals surface area (Å²) >= 11 is 0. The van der Waals surface area contributed by atoms with E-state index in [1.807, 2.05) is 0 Å². The summed E-state index contributed by atoms with van der Waals surface area (Å²) in [5.74, 6) is -6.32. The van der Waals surface area contributed by atoms with Crippen molar-refractivity contribution in [2.45, 2.75) is 88.4 Å². The van der Waals surface area contributed by atoms with Crippen LogP contribution in [0.3, 0.4) is 0 Å². The summed E-state index contributed by atoms with van der Waals surface area (Å²) in [7, 11) is 2.19. The van der Waals surface area contributed by atoms with Gasteiger partial charge in [-0.2, -0.15) is 0 Å². The molecule has 1 aliphatic rings. The second kappa shape index (κ2) is 22.0. The van der Waals surface area contributed by atoms with Gasteiger partial charge in [0, 0.05) is 24.3 Å². The number of aliphatic carboxylic acids is 1. The fourth-order valence-electron chi connectivity index (χ4n) is 4.70. The molecule has 0 spiro atoms. The molecule has 1 aliphatic heterocycles. The smallest absolute Gasteiger partial charge is 0.328 e. The highest BCUT2D eigenvalue weighted by atomic mass is 33.1. The van der Waals surface area contributed by atoms with Crippen molar-refractivity contribution in [3.63, 3.8) is 0 Å². The van der Waals surface area contributed by atoms with Gasteiger partial charge in [0.2, 0.25) is 35.4 Å². The second-order valence-corrected chi connectivity index (χ2v) is 14.4. The molecule has 0 bridgehead atoms. The van der Waals surface area contributed by atoms with Crippen LogP contribution in [0.25, 0.3) is 0 Å². The van der Waals surface area contributed by atoms with Gasteiger partial charge in [-0.15, -0.1) is 0 Å². The normalized spacial score (nSPS) is 23.6. The third-order valence-electron chi connectivity index (χ3n) is 7.52. The summed E-state index contributed by atoms with van der Waals surface area (Å²) in [6.45, 7) is 2.09. The standard InChI is InChI=1S/C31H47N7O11S2/c1-16(39)25-30(47)36-22(29(46)38-26(17(2)40)31(48)49)15-51-50-12-10-23(42)35-21(13-18-6-8-19(41)9-7-18)27(44)33-14-24(43)34-20(28(45)37-25)5-3-4-11-32/h6-9,16-17,20-22,25-26,39-41H,3-5,10-15,32H2,1-2H3,(H,33,44)(H,34,43)(H,35,42)(H,36,47)(H,37,45)(H,38,46)(H,48,49)/t16-,17+,20-,21-,22-,25-,26-/m0/s1. The highest BCUT2D eigenvalue weighted by Gasteiger charge is 2.34. The third-order valence-corrected chi connectivity index (χ3v) is 9.94. The van der Waals surface area contributed by atoms with Crippen molar-refractivity contribution >= 4 is 63.0 Å². The Kier molecular flexibility index (Phi) is 18.5. The van der Waals surface area contributed by atoms with Crippen molar-refractivity contribution < 1.29 is 54.0 Å². The second-order valence-electron chi connectivity index (χ2n) is 11.8. The van der Waals surface area contributed by atoms with E-state index in [4.69, 9.17) is 5.73 Å². The number of phenols is 1. The van der Waals surface area contributed by atoms with Gasteiger partial charge < -0.3 is 58.1 Å². The van der Waals surface area contributed by atoms with Gasteiger partial charge in [-0.3, -0.25) is 28.8 Å². The van der Waals surface area contributed by atoms with Crippen LogP contribution >= 0.6 is 21.6 Å². The highest BCUT2D eigenvalue weighted by Crippen LogP contribution is 2.23. The van der Waals surface area contributed by atoms with E-state index in [1.54, 1.807) is 12.1 Å². The van der Waals surface area contributed by atoms with Crippen molar-refractivity contribution in [2.24, 2.45) is 5.73 Å². The quantitative estimate of drug-likeness (QED) is 0.0806. The number of carboxylic acid groups (broad SMARTS) is 1. The lowest BCUT2D eigenvalue weighted by Gasteiger charge is -2.27. The molecule has 1 heterocycles. The van der Waals surface area contributed by atoms with Crippen LogP contribution < -0.4 is 37.6 Å². The fraction of sp³-hybridized carbons (Fsp3) is 0.581. The topological polar surface area (TPSA) is 299 Å². The maximum absolute atomic E-state index is 13.4. The van der Waals surface area contributed by atoms with Crippen LogP contribution in [-0.4, -0.2) is 129 Å². The molecule has 1 saturated heterocycles. The van der Waals surface area contributed by atoms with Gasteiger partial charge in [0.05, 0.1) is 18.8 Å². The van der Waals surface area contributed by atoms with Crippen molar-refractivity contribution in [1.29, 1.82) is 0 Å². The zero-order valence-electron chi connectivity index (χ0n) is 28.3. The van der Waals surface area contributed by atoms with Crippen LogP contribution in [0.2, 0.25) is 0 Å². The lowest BCUT2D eigenvalue weighted by atomic mass is 10.0. The average Bonchev–Trinajstić information content (AvgIpc) is 3.06. The fourth-order valence-corrected chi connectivity index (χ4v) is 6.85. The van der Waals surface area contributed by atoms with E-state index in [0.29, 0.717) is 24.9 Å². The van der Waals surface area contributed by atoms with Crippen LogP contribution in [0.5, 0.6) is 5.75 Å². The molecule has 0 unspecified atom stereocenters. The average molecular weight is 758 g/mol. The number of aliphatic hydroxyl groups is 2. The molecule has 12 N–H and O–H groups in total. The van der Waals surface area contributed by atoms with E-state index >= 15 is 0 Å². The number of benzene rings is 1. The summed E-state index contributed by atoms with van der Waals surface area (Å²) in [5, 5.41) is 54.0. The maximum atomic E-state index is 13.4. The Bertz CT molecular complexity index is 1370. The van der Waals surface area contributed by atoms with E-state index in [9.17, 15) is 54.0 Å². The number of carboxylic acids is 1. The molecule has 0 aromatic heterocycles. The number of rotatable bonds is 11. The molecule has 2 rings (SSSR count). The molecule has 18 nitrogen and oxygen atoms in total. The molecular formula is C31H47N7O11S2. The minimum Gasteiger partial charge on any atom is -0.508 e. The number of nitrogens with one attached hydrogen (secondary N) is 6. The van der Waals surface area contributed by atoms with Gasteiger partial charge in [-0.1, -0.05) is 33.7 Å². The number of aromatic hydroxyl groups is 1. The zero-order chi connectivity index (χ0) is 38.1. The first kappa shape index (κ1) is 43.1. The molecule has 1 aromatic carbocycles. The van der Waals surface area contributed by atoms with Gasteiger partial charge in [-0.25, -0.2) is 4.79 Å². The summed E-state index contributed by atoms with van der Waals surface area (Å²) in [6.07, 6.45) is -2.09. The molecule has 0 radical (unpaired) electrons. The molecule has 1 aromatic rings. The lowest BCUT2D eigenvalue weighted by Crippen LogP contribution is -2.61. The van der Waals surface area contributed by atoms with E-state index in [2.05, 4.69) is 31.9 Å². The maximum Gasteiger partial charge on any atom is 0.328 e. The Morgan fingerprint density at radius 3 is 2.18 bits per heavy atom. The zero-order valence-corrected chi connectivity index (χ0v) is 29.9. The predicted molar refractivity (Wildman–Crippen MR) is 188 cm³/mol. The van der Waals surface area contributed by atoms with E-state index in [0.717, 1.165) is 28.5 Å². The SMILES string of the molecule is C[C@H](O)[C@@H]1NC(=O)[C@H](CCCCN)NC(=O)CNC(=O)[C@H](Cc2ccc(O)cc2)NC(=O)CCSSC[C@@H](C(=O)N[C@H](C(=O)O)[C@@H](C)O)NC1=O. The Morgan fingerprint density at radius 1 is 0.902 bits per heavy atom. The van der Waals surface area contributed by atoms with E-state index < -0.39 is 90.4 Å². The molecule has 6 amide bonds. The monoisotopic (exact) mass is 757 g/mol. The number of phenolic OH excluding ortho intramolecular Hbond substituents is 1. The number of nitrogens with two attached hydrogens (primary N) is 1. The van der Waals surface area contributed by atoms with Crippen LogP contribution in [0, 0.1) is 0 Å². The summed E-state index contributed by atoms with van der Waals surface area (Å²) in [4.78, 5) is 90.6. The molecule has 51 heavy (non-hydrogen) atoms. The Labute approximate surface area is 302 Å². The minimum atomic E-state index is -1.71. The lowest BCUT2D eigenvalue weighted by molar-refractivity contribution is -0.145. The highest BCUT2D eigenvalue weighted by molar-refractivity contribution is 8.76. The number of carbonyl (C=O) groups is 7. The van der Waals surface area contributed by atoms with Gasteiger partial charge in [0.1, 0.15) is 29.9 Å². The molecule has 1 fully saturated rings. The number of amides is 6. The van der Waals surface area contributed by atoms with Crippen LogP contribution in [0.1, 0.15) is 45.1 Å². The third kappa shape index (κ3) is 15.3. The van der Waals surface area contributed by atoms with Crippen molar-refractivity contribution in [1.82, 2.24) is 31.9 Å². The van der Waals surface area contributed by atoms with Crippen LogP contribution in [-0.2, 0) is 40.0 Å². The summed E-state index contributed by atoms with van der Waals surface area (Å²) in [6, 6.07) is -1.14. The number of hydrogen-bond donors (Lipinski definition) is 11. The first-order valence-electron chi connectivity index (χ1n) is 16.2. The Balaban J connectivity index is 2.39. The van der Waals surface area contributed by atoms with Crippen molar-refractivity contribution in [3.05, 3.63) is 29.8 Å².